The molecule has 2 aliphatic heterocycles. The minimum atomic E-state index is -0.0675. The van der Waals surface area contributed by atoms with Crippen LogP contribution in [0.1, 0.15) is 162 Å². The molecule has 0 amide bonds. The highest BCUT2D eigenvalue weighted by molar-refractivity contribution is 7.26. The van der Waals surface area contributed by atoms with Crippen molar-refractivity contribution >= 4 is 93.2 Å². The fourth-order valence-electron chi connectivity index (χ4n) is 13.8. The van der Waals surface area contributed by atoms with Gasteiger partial charge in [-0.3, -0.25) is 0 Å². The van der Waals surface area contributed by atoms with Gasteiger partial charge in [-0.2, -0.15) is 0 Å². The molecule has 0 atom stereocenters. The average Bonchev–Trinajstić information content (AvgIpc) is 3.82. The van der Waals surface area contributed by atoms with E-state index in [0.29, 0.717) is 0 Å². The van der Waals surface area contributed by atoms with Crippen LogP contribution in [0.5, 0.6) is 0 Å². The second-order valence-corrected chi connectivity index (χ2v) is 27.8. The standard InChI is InChI=1S/C65H69BN2S/c1-36-28-45-47(64(12,13)26-24-62(45,8)9)34-52(36)68-51-22-23-53-56(43-33-46-48(35-54(43)69-53)65(14,15)27-25-63(46,10)11)55(51)44-29-37-18-16-17-19-40(37)59-57(44)66(68)49-32-39(61(5,6)7)31-42-41-30-38(60(2,3)4)20-21-50(41)67(59)58(42)49/h16-23,28-35H,24-27H2,1-15H3. The van der Waals surface area contributed by atoms with Crippen LogP contribution in [0.15, 0.2) is 97.1 Å². The molecular weight excluding hydrogens is 852 g/mol. The first-order valence-corrected chi connectivity index (χ1v) is 26.9. The van der Waals surface area contributed by atoms with Crippen LogP contribution in [0.3, 0.4) is 0 Å². The predicted molar refractivity (Wildman–Crippen MR) is 303 cm³/mol. The molecule has 2 nitrogen and oxygen atoms in total. The quantitative estimate of drug-likeness (QED) is 0.149. The van der Waals surface area contributed by atoms with Gasteiger partial charge in [0.25, 0.3) is 0 Å². The minimum absolute atomic E-state index is 0.0140. The van der Waals surface area contributed by atoms with E-state index in [-0.39, 0.29) is 39.3 Å². The van der Waals surface area contributed by atoms with E-state index < -0.39 is 0 Å². The number of hydrogen-bond donors (Lipinski definition) is 0. The molecule has 69 heavy (non-hydrogen) atoms. The number of thiophene rings is 1. The molecule has 0 bridgehead atoms. The molecule has 4 heteroatoms. The number of aryl methyl sites for hydroxylation is 1. The highest BCUT2D eigenvalue weighted by atomic mass is 32.1. The molecule has 348 valence electrons. The van der Waals surface area contributed by atoms with Crippen molar-refractivity contribution < 1.29 is 0 Å². The van der Waals surface area contributed by atoms with E-state index in [2.05, 4.69) is 210 Å². The van der Waals surface area contributed by atoms with Crippen LogP contribution in [0.25, 0.3) is 69.6 Å². The van der Waals surface area contributed by atoms with Crippen molar-refractivity contribution in [3.8, 4) is 16.8 Å². The smallest absolute Gasteiger partial charge is 0.333 e. The fraction of sp³-hybridized carbons (Fsp3) is 0.385. The molecule has 0 radical (unpaired) electrons. The van der Waals surface area contributed by atoms with Crippen molar-refractivity contribution in [1.29, 1.82) is 0 Å². The van der Waals surface area contributed by atoms with Crippen LogP contribution >= 0.6 is 11.3 Å². The summed E-state index contributed by atoms with van der Waals surface area (Å²) in [6.07, 6.45) is 4.79. The zero-order valence-electron chi connectivity index (χ0n) is 43.9. The summed E-state index contributed by atoms with van der Waals surface area (Å²) in [6.45, 7) is 36.5. The third-order valence-electron chi connectivity index (χ3n) is 18.3. The number of benzene rings is 7. The van der Waals surface area contributed by atoms with Gasteiger partial charge in [-0.25, -0.2) is 0 Å². The Kier molecular flexibility index (Phi) is 8.58. The Morgan fingerprint density at radius 3 is 1.81 bits per heavy atom. The molecule has 0 fully saturated rings. The fourth-order valence-corrected chi connectivity index (χ4v) is 14.9. The van der Waals surface area contributed by atoms with Gasteiger partial charge in [0.1, 0.15) is 0 Å². The lowest BCUT2D eigenvalue weighted by molar-refractivity contribution is 0.332. The number of hydrogen-bond acceptors (Lipinski definition) is 2. The van der Waals surface area contributed by atoms with Crippen molar-refractivity contribution in [2.45, 2.75) is 162 Å². The van der Waals surface area contributed by atoms with Crippen LogP contribution < -0.4 is 15.7 Å². The molecule has 4 aliphatic rings. The molecule has 7 aromatic carbocycles. The Bertz CT molecular complexity index is 3780. The molecule has 0 spiro atoms. The van der Waals surface area contributed by atoms with E-state index in [1.807, 2.05) is 11.3 Å². The van der Waals surface area contributed by atoms with Gasteiger partial charge in [0, 0.05) is 53.3 Å². The zero-order chi connectivity index (χ0) is 48.4. The maximum Gasteiger partial charge on any atom is 0.333 e. The zero-order valence-corrected chi connectivity index (χ0v) is 44.8. The second-order valence-electron chi connectivity index (χ2n) is 26.8. The molecule has 0 saturated carbocycles. The molecule has 9 aromatic rings. The monoisotopic (exact) mass is 921 g/mol. The van der Waals surface area contributed by atoms with Crippen LogP contribution in [-0.2, 0) is 32.5 Å². The average molecular weight is 921 g/mol. The SMILES string of the molecule is Cc1cc2c(cc1N1B3c4c(cc5ccccc5c4-n4c5ccc(C(C)(C)C)cc5c5cc(C(C)(C)C)cc3c54)-c3c1ccc1sc4cc5c(cc4c31)C(C)(C)CCC5(C)C)C(C)(C)CCC2(C)C. The lowest BCUT2D eigenvalue weighted by Gasteiger charge is -2.46. The minimum Gasteiger partial charge on any atom is -0.376 e. The van der Waals surface area contributed by atoms with E-state index >= 15 is 0 Å². The van der Waals surface area contributed by atoms with Crippen molar-refractivity contribution in [1.82, 2.24) is 4.57 Å². The predicted octanol–water partition coefficient (Wildman–Crippen LogP) is 17.1. The van der Waals surface area contributed by atoms with Crippen LogP contribution in [-0.4, -0.2) is 11.4 Å². The summed E-state index contributed by atoms with van der Waals surface area (Å²) in [5, 5.41) is 8.16. The number of fused-ring (bicyclic) bond motifs is 15. The Morgan fingerprint density at radius 2 is 1.14 bits per heavy atom. The summed E-state index contributed by atoms with van der Waals surface area (Å²) >= 11 is 2.00. The maximum absolute atomic E-state index is 2.86. The molecule has 0 saturated heterocycles. The summed E-state index contributed by atoms with van der Waals surface area (Å²) in [4.78, 5) is 2.86. The van der Waals surface area contributed by atoms with Crippen molar-refractivity contribution in [2.75, 3.05) is 4.81 Å². The van der Waals surface area contributed by atoms with E-state index in [4.69, 9.17) is 0 Å². The lowest BCUT2D eigenvalue weighted by Crippen LogP contribution is -2.61. The van der Waals surface area contributed by atoms with Gasteiger partial charge in [0.2, 0.25) is 0 Å². The summed E-state index contributed by atoms with van der Waals surface area (Å²) in [7, 11) is 0. The highest BCUT2D eigenvalue weighted by Gasteiger charge is 2.48. The van der Waals surface area contributed by atoms with Crippen molar-refractivity contribution in [3.63, 3.8) is 0 Å². The van der Waals surface area contributed by atoms with Gasteiger partial charge in [-0.15, -0.1) is 11.3 Å². The van der Waals surface area contributed by atoms with Gasteiger partial charge in [-0.05, 0) is 181 Å². The van der Waals surface area contributed by atoms with Crippen LogP contribution in [0.4, 0.5) is 11.4 Å². The van der Waals surface area contributed by atoms with E-state index in [9.17, 15) is 0 Å². The number of anilines is 2. The first-order valence-electron chi connectivity index (χ1n) is 26.0. The Balaban J connectivity index is 1.25. The summed E-state index contributed by atoms with van der Waals surface area (Å²) in [5.74, 6) is 0. The molecular formula is C65H69BN2S. The molecule has 0 unspecified atom stereocenters. The first-order chi connectivity index (χ1) is 32.4. The number of nitrogens with zero attached hydrogens (tertiary/aromatic N) is 2. The molecule has 4 heterocycles. The maximum atomic E-state index is 2.86. The van der Waals surface area contributed by atoms with Crippen molar-refractivity contribution in [3.05, 3.63) is 136 Å². The van der Waals surface area contributed by atoms with E-state index in [0.717, 1.165) is 0 Å². The van der Waals surface area contributed by atoms with Crippen LogP contribution in [0, 0.1) is 6.92 Å². The van der Waals surface area contributed by atoms with Gasteiger partial charge >= 0.3 is 6.85 Å². The highest BCUT2D eigenvalue weighted by Crippen LogP contribution is 2.56. The summed E-state index contributed by atoms with van der Waals surface area (Å²) in [5.41, 5.74) is 22.8. The first kappa shape index (κ1) is 43.7. The van der Waals surface area contributed by atoms with Crippen LogP contribution in [0.2, 0.25) is 0 Å². The van der Waals surface area contributed by atoms with E-state index in [1.54, 1.807) is 0 Å². The third-order valence-corrected chi connectivity index (χ3v) is 19.4. The van der Waals surface area contributed by atoms with Gasteiger partial charge in [0.05, 0.1) is 16.7 Å². The lowest BCUT2D eigenvalue weighted by atomic mass is 9.43. The molecule has 2 aliphatic carbocycles. The Morgan fingerprint density at radius 1 is 0.536 bits per heavy atom. The summed E-state index contributed by atoms with van der Waals surface area (Å²) in [6, 6.07) is 40.0. The largest absolute Gasteiger partial charge is 0.376 e. The molecule has 0 N–H and O–H groups in total. The van der Waals surface area contributed by atoms with Gasteiger partial charge in [0.15, 0.2) is 0 Å². The second kappa shape index (κ2) is 13.5. The number of rotatable bonds is 1. The topological polar surface area (TPSA) is 8.17 Å². The van der Waals surface area contributed by atoms with Gasteiger partial charge < -0.3 is 9.38 Å². The Labute approximate surface area is 415 Å². The molecule has 2 aromatic heterocycles. The number of aromatic nitrogens is 1. The summed E-state index contributed by atoms with van der Waals surface area (Å²) < 4.78 is 5.51. The third kappa shape index (κ3) is 5.91. The van der Waals surface area contributed by atoms with Crippen molar-refractivity contribution in [2.24, 2.45) is 0 Å². The molecule has 13 rings (SSSR count). The van der Waals surface area contributed by atoms with E-state index in [1.165, 1.54) is 156 Å². The Hall–Kier alpha value is -5.32. The normalized spacial score (nSPS) is 18.5. The van der Waals surface area contributed by atoms with Gasteiger partial charge in [-0.1, -0.05) is 139 Å².